The predicted molar refractivity (Wildman–Crippen MR) is 102 cm³/mol. The van der Waals surface area contributed by atoms with E-state index in [0.29, 0.717) is 24.2 Å². The van der Waals surface area contributed by atoms with Gasteiger partial charge in [-0.1, -0.05) is 46.8 Å². The molecule has 5 heteroatoms. The highest BCUT2D eigenvalue weighted by Gasteiger charge is 2.27. The Balaban J connectivity index is 2.91. The van der Waals surface area contributed by atoms with Gasteiger partial charge < -0.3 is 15.7 Å². The van der Waals surface area contributed by atoms with Crippen molar-refractivity contribution in [2.45, 2.75) is 53.9 Å². The lowest BCUT2D eigenvalue weighted by Gasteiger charge is -2.31. The summed E-state index contributed by atoms with van der Waals surface area (Å²) in [5, 5.41) is 15.1. The molecule has 0 aliphatic carbocycles. The van der Waals surface area contributed by atoms with Crippen molar-refractivity contribution in [3.8, 4) is 0 Å². The van der Waals surface area contributed by atoms with Gasteiger partial charge in [0.25, 0.3) is 5.91 Å². The van der Waals surface area contributed by atoms with Gasteiger partial charge in [-0.2, -0.15) is 0 Å². The minimum Gasteiger partial charge on any atom is -0.396 e. The average molecular weight is 348 g/mol. The van der Waals surface area contributed by atoms with E-state index in [4.69, 9.17) is 0 Å². The second-order valence-electron chi connectivity index (χ2n) is 7.61. The van der Waals surface area contributed by atoms with E-state index in [9.17, 15) is 14.7 Å². The van der Waals surface area contributed by atoms with Gasteiger partial charge >= 0.3 is 0 Å². The van der Waals surface area contributed by atoms with E-state index < -0.39 is 5.41 Å². The highest BCUT2D eigenvalue weighted by molar-refractivity contribution is 6.04. The van der Waals surface area contributed by atoms with Crippen molar-refractivity contribution in [3.63, 3.8) is 0 Å². The fourth-order valence-corrected chi connectivity index (χ4v) is 2.64. The van der Waals surface area contributed by atoms with Crippen LogP contribution in [0.3, 0.4) is 0 Å². The smallest absolute Gasteiger partial charge is 0.253 e. The lowest BCUT2D eigenvalue weighted by molar-refractivity contribution is -0.123. The van der Waals surface area contributed by atoms with E-state index in [1.807, 2.05) is 20.8 Å². The van der Waals surface area contributed by atoms with Crippen molar-refractivity contribution in [1.29, 1.82) is 0 Å². The van der Waals surface area contributed by atoms with Gasteiger partial charge in [0.1, 0.15) is 0 Å². The van der Waals surface area contributed by atoms with Gasteiger partial charge in [-0.25, -0.2) is 0 Å². The van der Waals surface area contributed by atoms with E-state index >= 15 is 0 Å². The van der Waals surface area contributed by atoms with Crippen LogP contribution in [0.1, 0.15) is 64.2 Å². The molecule has 2 amide bonds. The van der Waals surface area contributed by atoms with Crippen molar-refractivity contribution in [2.24, 2.45) is 10.8 Å². The standard InChI is InChI=1S/C20H32N2O3/c1-6-20(7-2,12-13-23)14-21-17(24)15-10-8-9-11-16(15)22-18(25)19(3,4)5/h8-11,23H,6-7,12-14H2,1-5H3,(H,21,24)(H,22,25). The molecule has 0 atom stereocenters. The molecule has 140 valence electrons. The number of benzene rings is 1. The van der Waals surface area contributed by atoms with E-state index in [2.05, 4.69) is 24.5 Å². The maximum atomic E-state index is 12.7. The second-order valence-corrected chi connectivity index (χ2v) is 7.61. The van der Waals surface area contributed by atoms with Crippen LogP contribution < -0.4 is 10.6 Å². The highest BCUT2D eigenvalue weighted by Crippen LogP contribution is 2.29. The summed E-state index contributed by atoms with van der Waals surface area (Å²) in [6.07, 6.45) is 2.42. The molecule has 1 rings (SSSR count). The summed E-state index contributed by atoms with van der Waals surface area (Å²) < 4.78 is 0. The van der Waals surface area contributed by atoms with Gasteiger partial charge in [0.15, 0.2) is 0 Å². The van der Waals surface area contributed by atoms with Crippen LogP contribution in [0.4, 0.5) is 5.69 Å². The molecule has 0 saturated heterocycles. The van der Waals surface area contributed by atoms with E-state index in [1.165, 1.54) is 0 Å². The summed E-state index contributed by atoms with van der Waals surface area (Å²) >= 11 is 0. The van der Waals surface area contributed by atoms with E-state index in [-0.39, 0.29) is 23.8 Å². The van der Waals surface area contributed by atoms with Crippen molar-refractivity contribution >= 4 is 17.5 Å². The number of anilines is 1. The topological polar surface area (TPSA) is 78.4 Å². The number of rotatable bonds is 8. The Kier molecular flexibility index (Phi) is 7.61. The van der Waals surface area contributed by atoms with E-state index in [0.717, 1.165) is 12.8 Å². The van der Waals surface area contributed by atoms with Crippen molar-refractivity contribution in [3.05, 3.63) is 29.8 Å². The Morgan fingerprint density at radius 2 is 1.68 bits per heavy atom. The lowest BCUT2D eigenvalue weighted by Crippen LogP contribution is -2.38. The predicted octanol–water partition coefficient (Wildman–Crippen LogP) is 3.59. The molecule has 0 aliphatic heterocycles. The first-order valence-electron chi connectivity index (χ1n) is 8.98. The molecular formula is C20H32N2O3. The van der Waals surface area contributed by atoms with Crippen LogP contribution in [0.25, 0.3) is 0 Å². The zero-order valence-corrected chi connectivity index (χ0v) is 16.1. The molecule has 0 heterocycles. The molecule has 1 aromatic rings. The van der Waals surface area contributed by atoms with Crippen LogP contribution in [0, 0.1) is 10.8 Å². The zero-order chi connectivity index (χ0) is 19.1. The number of carbonyl (C=O) groups excluding carboxylic acids is 2. The van der Waals surface area contributed by atoms with Crippen molar-refractivity contribution < 1.29 is 14.7 Å². The monoisotopic (exact) mass is 348 g/mol. The SMILES string of the molecule is CCC(CC)(CCO)CNC(=O)c1ccccc1NC(=O)C(C)(C)C. The minimum absolute atomic E-state index is 0.103. The molecule has 5 nitrogen and oxygen atoms in total. The Bertz CT molecular complexity index is 587. The normalized spacial score (nSPS) is 11.9. The van der Waals surface area contributed by atoms with Crippen LogP contribution in [-0.4, -0.2) is 30.1 Å². The van der Waals surface area contributed by atoms with Crippen molar-refractivity contribution in [1.82, 2.24) is 5.32 Å². The summed E-state index contributed by atoms with van der Waals surface area (Å²) in [5.41, 5.74) is 0.323. The van der Waals surface area contributed by atoms with Gasteiger partial charge in [-0.05, 0) is 36.8 Å². The van der Waals surface area contributed by atoms with Gasteiger partial charge in [0, 0.05) is 18.6 Å². The molecular weight excluding hydrogens is 316 g/mol. The summed E-state index contributed by atoms with van der Waals surface area (Å²) in [6.45, 7) is 10.2. The number of nitrogens with one attached hydrogen (secondary N) is 2. The molecule has 0 aliphatic rings. The third kappa shape index (κ3) is 5.85. The molecule has 1 aromatic carbocycles. The first-order chi connectivity index (χ1) is 11.7. The lowest BCUT2D eigenvalue weighted by atomic mass is 9.79. The molecule has 0 saturated carbocycles. The number of aliphatic hydroxyl groups is 1. The molecule has 0 fully saturated rings. The van der Waals surface area contributed by atoms with E-state index in [1.54, 1.807) is 24.3 Å². The van der Waals surface area contributed by atoms with Gasteiger partial charge in [0.2, 0.25) is 5.91 Å². The molecule has 0 aromatic heterocycles. The molecule has 25 heavy (non-hydrogen) atoms. The minimum atomic E-state index is -0.537. The maximum Gasteiger partial charge on any atom is 0.253 e. The third-order valence-corrected chi connectivity index (χ3v) is 4.87. The van der Waals surface area contributed by atoms with Gasteiger partial charge in [-0.15, -0.1) is 0 Å². The summed E-state index contributed by atoms with van der Waals surface area (Å²) in [6, 6.07) is 7.02. The van der Waals surface area contributed by atoms with Gasteiger partial charge in [-0.3, -0.25) is 9.59 Å². The first-order valence-corrected chi connectivity index (χ1v) is 8.98. The molecule has 0 spiro atoms. The summed E-state index contributed by atoms with van der Waals surface area (Å²) in [4.78, 5) is 24.9. The number of aliphatic hydroxyl groups excluding tert-OH is 1. The Morgan fingerprint density at radius 3 is 2.20 bits per heavy atom. The largest absolute Gasteiger partial charge is 0.396 e. The second kappa shape index (κ2) is 8.99. The highest BCUT2D eigenvalue weighted by atomic mass is 16.3. The van der Waals surface area contributed by atoms with Crippen LogP contribution in [0.2, 0.25) is 0 Å². The number of hydrogen-bond acceptors (Lipinski definition) is 3. The first kappa shape index (κ1) is 21.2. The Hall–Kier alpha value is -1.88. The van der Waals surface area contributed by atoms with Crippen LogP contribution in [-0.2, 0) is 4.79 Å². The maximum absolute atomic E-state index is 12.7. The quantitative estimate of drug-likeness (QED) is 0.672. The molecule has 0 radical (unpaired) electrons. The molecule has 3 N–H and O–H groups in total. The number of para-hydroxylation sites is 1. The molecule has 0 bridgehead atoms. The van der Waals surface area contributed by atoms with Crippen LogP contribution in [0.5, 0.6) is 0 Å². The van der Waals surface area contributed by atoms with Gasteiger partial charge in [0.05, 0.1) is 11.3 Å². The summed E-state index contributed by atoms with van der Waals surface area (Å²) in [7, 11) is 0. The Morgan fingerprint density at radius 1 is 1.08 bits per heavy atom. The average Bonchev–Trinajstić information content (AvgIpc) is 2.58. The fourth-order valence-electron chi connectivity index (χ4n) is 2.64. The fraction of sp³-hybridized carbons (Fsp3) is 0.600. The Labute approximate surface area is 151 Å². The van der Waals surface area contributed by atoms with Crippen LogP contribution >= 0.6 is 0 Å². The third-order valence-electron chi connectivity index (χ3n) is 4.87. The number of hydrogen-bond donors (Lipinski definition) is 3. The zero-order valence-electron chi connectivity index (χ0n) is 16.1. The van der Waals surface area contributed by atoms with Crippen LogP contribution in [0.15, 0.2) is 24.3 Å². The van der Waals surface area contributed by atoms with Crippen molar-refractivity contribution in [2.75, 3.05) is 18.5 Å². The molecule has 0 unspecified atom stereocenters. The number of carbonyl (C=O) groups is 2. The summed E-state index contributed by atoms with van der Waals surface area (Å²) in [5.74, 6) is -0.349. The number of amides is 2.